The molecule has 12 heteroatoms. The van der Waals surface area contributed by atoms with Gasteiger partial charge in [-0.3, -0.25) is 14.7 Å². The van der Waals surface area contributed by atoms with Gasteiger partial charge in [-0.15, -0.1) is 11.3 Å². The molecule has 0 saturated heterocycles. The largest absolute Gasteiger partial charge is 0.402 e. The quantitative estimate of drug-likeness (QED) is 0.357. The summed E-state index contributed by atoms with van der Waals surface area (Å²) in [4.78, 5) is 31.1. The second-order valence-corrected chi connectivity index (χ2v) is 7.65. The highest BCUT2D eigenvalue weighted by Gasteiger charge is 2.20. The van der Waals surface area contributed by atoms with E-state index in [-0.39, 0.29) is 17.7 Å². The molecule has 0 saturated carbocycles. The van der Waals surface area contributed by atoms with Gasteiger partial charge in [-0.25, -0.2) is 9.67 Å². The molecule has 0 bridgehead atoms. The molecule has 11 nitrogen and oxygen atoms in total. The second kappa shape index (κ2) is 9.34. The second-order valence-electron chi connectivity index (χ2n) is 6.70. The summed E-state index contributed by atoms with van der Waals surface area (Å²) in [5.74, 6) is -0.0303. The first kappa shape index (κ1) is 21.9. The third-order valence-corrected chi connectivity index (χ3v) is 5.47. The predicted octanol–water partition coefficient (Wildman–Crippen LogP) is 0.935. The summed E-state index contributed by atoms with van der Waals surface area (Å²) in [7, 11) is 1.76. The van der Waals surface area contributed by atoms with Gasteiger partial charge in [-0.05, 0) is 12.5 Å². The Balaban J connectivity index is 1.96. The number of nitrogens with zero attached hydrogens (tertiary/aromatic N) is 5. The van der Waals surface area contributed by atoms with Gasteiger partial charge in [-0.1, -0.05) is 6.92 Å². The van der Waals surface area contributed by atoms with Crippen LogP contribution in [0.4, 0.5) is 11.5 Å². The Morgan fingerprint density at radius 2 is 2.16 bits per heavy atom. The Labute approximate surface area is 181 Å². The molecule has 6 N–H and O–H groups in total. The fourth-order valence-electron chi connectivity index (χ4n) is 3.03. The third-order valence-electron chi connectivity index (χ3n) is 4.64. The van der Waals surface area contributed by atoms with Crippen molar-refractivity contribution in [2.75, 3.05) is 11.9 Å². The first-order valence-corrected chi connectivity index (χ1v) is 10.3. The van der Waals surface area contributed by atoms with Gasteiger partial charge in [0, 0.05) is 36.3 Å². The van der Waals surface area contributed by atoms with E-state index in [0.717, 1.165) is 16.8 Å². The molecule has 1 amide bonds. The maximum atomic E-state index is 13.3. The number of hydrogen-bond donors (Lipinski definition) is 4. The molecule has 0 aliphatic carbocycles. The number of aromatic amines is 1. The van der Waals surface area contributed by atoms with Crippen LogP contribution in [0.1, 0.15) is 33.5 Å². The Morgan fingerprint density at radius 1 is 1.39 bits per heavy atom. The number of H-pyrrole nitrogens is 1. The Hall–Kier alpha value is -3.80. The SMILES string of the molecule is CCc1cnn(Cc2[nH]ncc2C(N)=O)c(=O)c1N(C)c1csc(CC(N)=CC=N)n1. The van der Waals surface area contributed by atoms with Crippen LogP contribution in [0.5, 0.6) is 0 Å². The van der Waals surface area contributed by atoms with Crippen LogP contribution in [0.2, 0.25) is 0 Å². The van der Waals surface area contributed by atoms with Gasteiger partial charge in [-0.2, -0.15) is 10.2 Å². The predicted molar refractivity (Wildman–Crippen MR) is 119 cm³/mol. The number of nitrogens with one attached hydrogen (secondary N) is 2. The van der Waals surface area contributed by atoms with Crippen LogP contribution in [0.3, 0.4) is 0 Å². The minimum Gasteiger partial charge on any atom is -0.402 e. The maximum absolute atomic E-state index is 13.3. The lowest BCUT2D eigenvalue weighted by Gasteiger charge is -2.20. The Morgan fingerprint density at radius 3 is 2.84 bits per heavy atom. The van der Waals surface area contributed by atoms with E-state index in [1.54, 1.807) is 18.1 Å². The Bertz CT molecular complexity index is 1190. The molecule has 0 aliphatic rings. The van der Waals surface area contributed by atoms with Crippen molar-refractivity contribution in [1.82, 2.24) is 25.0 Å². The lowest BCUT2D eigenvalue weighted by atomic mass is 10.2. The van der Waals surface area contributed by atoms with Crippen molar-refractivity contribution in [3.05, 3.63) is 61.7 Å². The minimum absolute atomic E-state index is 0.0230. The third kappa shape index (κ3) is 4.69. The molecule has 31 heavy (non-hydrogen) atoms. The van der Waals surface area contributed by atoms with Crippen molar-refractivity contribution >= 4 is 35.0 Å². The average Bonchev–Trinajstić information content (AvgIpc) is 3.38. The summed E-state index contributed by atoms with van der Waals surface area (Å²) in [5, 5.41) is 20.5. The molecule has 162 valence electrons. The van der Waals surface area contributed by atoms with E-state index >= 15 is 0 Å². The highest BCUT2D eigenvalue weighted by Crippen LogP contribution is 2.26. The summed E-state index contributed by atoms with van der Waals surface area (Å²) < 4.78 is 1.25. The summed E-state index contributed by atoms with van der Waals surface area (Å²) >= 11 is 1.42. The molecular formula is C19H23N9O2S. The summed E-state index contributed by atoms with van der Waals surface area (Å²) in [6.07, 6.45) is 6.62. The molecule has 3 heterocycles. The number of thiazole rings is 1. The van der Waals surface area contributed by atoms with Gasteiger partial charge in [0.15, 0.2) is 0 Å². The topological polar surface area (TPSA) is 173 Å². The number of anilines is 2. The van der Waals surface area contributed by atoms with Crippen LogP contribution in [-0.4, -0.2) is 44.1 Å². The van der Waals surface area contributed by atoms with Gasteiger partial charge < -0.3 is 21.8 Å². The monoisotopic (exact) mass is 441 g/mol. The molecule has 0 fully saturated rings. The average molecular weight is 442 g/mol. The number of hydrogen-bond acceptors (Lipinski definition) is 9. The van der Waals surface area contributed by atoms with Gasteiger partial charge in [0.2, 0.25) is 0 Å². The number of primary amides is 1. The molecule has 3 aromatic heterocycles. The van der Waals surface area contributed by atoms with Crippen LogP contribution in [0.15, 0.2) is 34.3 Å². The molecular weight excluding hydrogens is 418 g/mol. The number of rotatable bonds is 9. The molecule has 0 spiro atoms. The first-order chi connectivity index (χ1) is 14.8. The molecule has 3 aromatic rings. The summed E-state index contributed by atoms with van der Waals surface area (Å²) in [5.41, 5.74) is 13.2. The van der Waals surface area contributed by atoms with E-state index in [2.05, 4.69) is 20.3 Å². The number of carbonyl (C=O) groups is 1. The van der Waals surface area contributed by atoms with E-state index in [1.807, 2.05) is 12.3 Å². The van der Waals surface area contributed by atoms with E-state index in [0.29, 0.717) is 35.7 Å². The van der Waals surface area contributed by atoms with Crippen molar-refractivity contribution < 1.29 is 4.79 Å². The van der Waals surface area contributed by atoms with Gasteiger partial charge in [0.1, 0.15) is 16.5 Å². The van der Waals surface area contributed by atoms with Gasteiger partial charge in [0.05, 0.1) is 30.2 Å². The van der Waals surface area contributed by atoms with Crippen LogP contribution in [0, 0.1) is 5.41 Å². The number of amides is 1. The molecule has 0 unspecified atom stereocenters. The molecule has 0 aliphatic heterocycles. The Kier molecular flexibility index (Phi) is 6.60. The standard InChI is InChI=1S/C19H23N9O2S/c1-3-11-7-24-28(9-14-13(18(22)29)8-23-26-14)19(30)17(11)27(2)15-10-31-16(25-15)6-12(21)4-5-20/h4-5,7-8,10,20H,3,6,9,21H2,1-2H3,(H2,22,29)(H,23,26). The minimum atomic E-state index is -0.634. The van der Waals surface area contributed by atoms with Gasteiger partial charge in [0.25, 0.3) is 11.5 Å². The number of carbonyl (C=O) groups excluding carboxylic acids is 1. The van der Waals surface area contributed by atoms with Crippen LogP contribution >= 0.6 is 11.3 Å². The van der Waals surface area contributed by atoms with E-state index in [1.165, 1.54) is 28.3 Å². The highest BCUT2D eigenvalue weighted by molar-refractivity contribution is 7.10. The zero-order chi connectivity index (χ0) is 22.5. The van der Waals surface area contributed by atoms with Gasteiger partial charge >= 0.3 is 0 Å². The smallest absolute Gasteiger partial charge is 0.291 e. The molecule has 0 atom stereocenters. The fraction of sp³-hybridized carbons (Fsp3) is 0.263. The zero-order valence-electron chi connectivity index (χ0n) is 17.1. The number of aromatic nitrogens is 5. The summed E-state index contributed by atoms with van der Waals surface area (Å²) in [6.45, 7) is 1.96. The molecule has 0 aromatic carbocycles. The maximum Gasteiger partial charge on any atom is 0.291 e. The fourth-order valence-corrected chi connectivity index (χ4v) is 3.88. The molecule has 0 radical (unpaired) electrons. The zero-order valence-corrected chi connectivity index (χ0v) is 17.9. The normalized spacial score (nSPS) is 11.5. The number of nitrogens with two attached hydrogens (primary N) is 2. The summed E-state index contributed by atoms with van der Waals surface area (Å²) in [6, 6.07) is 0. The number of aryl methyl sites for hydroxylation is 1. The first-order valence-electron chi connectivity index (χ1n) is 9.39. The van der Waals surface area contributed by atoms with E-state index in [9.17, 15) is 9.59 Å². The van der Waals surface area contributed by atoms with E-state index in [4.69, 9.17) is 16.9 Å². The van der Waals surface area contributed by atoms with Crippen molar-refractivity contribution in [2.24, 2.45) is 11.5 Å². The lowest BCUT2D eigenvalue weighted by molar-refractivity contribution is 0.0999. The van der Waals surface area contributed by atoms with Crippen LogP contribution < -0.4 is 21.9 Å². The van der Waals surface area contributed by atoms with E-state index < -0.39 is 5.91 Å². The van der Waals surface area contributed by atoms with Crippen molar-refractivity contribution in [3.8, 4) is 0 Å². The lowest BCUT2D eigenvalue weighted by Crippen LogP contribution is -2.31. The molecule has 3 rings (SSSR count). The van der Waals surface area contributed by atoms with Crippen LogP contribution in [-0.2, 0) is 19.4 Å². The van der Waals surface area contributed by atoms with Crippen LogP contribution in [0.25, 0.3) is 0 Å². The van der Waals surface area contributed by atoms with Crippen molar-refractivity contribution in [3.63, 3.8) is 0 Å². The van der Waals surface area contributed by atoms with Crippen molar-refractivity contribution in [2.45, 2.75) is 26.3 Å². The highest BCUT2D eigenvalue weighted by atomic mass is 32.1. The number of allylic oxidation sites excluding steroid dienone is 2. The van der Waals surface area contributed by atoms with Crippen molar-refractivity contribution in [1.29, 1.82) is 5.41 Å².